The van der Waals surface area contributed by atoms with Crippen LogP contribution in [0.2, 0.25) is 0 Å². The zero-order valence-corrected chi connectivity index (χ0v) is 11.8. The molecule has 1 aromatic carbocycles. The second kappa shape index (κ2) is 8.41. The first-order valence-electron chi connectivity index (χ1n) is 6.65. The number of hydrogen-bond donors (Lipinski definition) is 0. The van der Waals surface area contributed by atoms with Gasteiger partial charge in [0.05, 0.1) is 0 Å². The van der Waals surface area contributed by atoms with Crippen molar-refractivity contribution < 1.29 is 0 Å². The summed E-state index contributed by atoms with van der Waals surface area (Å²) < 4.78 is 0. The van der Waals surface area contributed by atoms with Crippen LogP contribution in [-0.2, 0) is 0 Å². The maximum atomic E-state index is 5.67. The smallest absolute Gasteiger partial charge is 0.0366 e. The Balaban J connectivity index is 2.35. The second-order valence-corrected chi connectivity index (χ2v) is 4.90. The van der Waals surface area contributed by atoms with Crippen molar-refractivity contribution in [3.05, 3.63) is 29.8 Å². The summed E-state index contributed by atoms with van der Waals surface area (Å²) in [5.41, 5.74) is 2.67. The standard InChI is InChI=1S/C15H24ClN/c1-3-17(13-7-5-4-6-12-16)15-10-8-14(2)9-11-15/h8-11H,3-7,12-13H2,1-2H3. The molecule has 0 aliphatic rings. The maximum absolute atomic E-state index is 5.67. The number of anilines is 1. The molecule has 2 heteroatoms. The van der Waals surface area contributed by atoms with Gasteiger partial charge in [-0.15, -0.1) is 11.6 Å². The molecule has 1 aromatic rings. The van der Waals surface area contributed by atoms with E-state index in [0.717, 1.165) is 25.4 Å². The molecule has 0 heterocycles. The van der Waals surface area contributed by atoms with Gasteiger partial charge in [-0.25, -0.2) is 0 Å². The van der Waals surface area contributed by atoms with E-state index in [1.54, 1.807) is 0 Å². The lowest BCUT2D eigenvalue weighted by Crippen LogP contribution is -2.23. The third-order valence-corrected chi connectivity index (χ3v) is 3.36. The lowest BCUT2D eigenvalue weighted by Gasteiger charge is -2.23. The lowest BCUT2D eigenvalue weighted by atomic mass is 10.1. The Kier molecular flexibility index (Phi) is 7.11. The van der Waals surface area contributed by atoms with Crippen LogP contribution < -0.4 is 4.90 Å². The fraction of sp³-hybridized carbons (Fsp3) is 0.600. The molecule has 0 N–H and O–H groups in total. The van der Waals surface area contributed by atoms with Gasteiger partial charge in [0.15, 0.2) is 0 Å². The van der Waals surface area contributed by atoms with Crippen molar-refractivity contribution in [2.24, 2.45) is 0 Å². The van der Waals surface area contributed by atoms with Gasteiger partial charge in [0.2, 0.25) is 0 Å². The Morgan fingerprint density at radius 2 is 1.65 bits per heavy atom. The first kappa shape index (κ1) is 14.4. The molecule has 0 aromatic heterocycles. The molecule has 0 aliphatic carbocycles. The summed E-state index contributed by atoms with van der Waals surface area (Å²) in [4.78, 5) is 2.44. The highest BCUT2D eigenvalue weighted by Gasteiger charge is 2.03. The van der Waals surface area contributed by atoms with E-state index in [1.807, 2.05) is 0 Å². The monoisotopic (exact) mass is 253 g/mol. The minimum atomic E-state index is 0.801. The fourth-order valence-corrected chi connectivity index (χ4v) is 2.17. The van der Waals surface area contributed by atoms with Gasteiger partial charge >= 0.3 is 0 Å². The molecule has 1 nitrogen and oxygen atoms in total. The Morgan fingerprint density at radius 1 is 1.00 bits per heavy atom. The van der Waals surface area contributed by atoms with Gasteiger partial charge in [-0.3, -0.25) is 0 Å². The highest BCUT2D eigenvalue weighted by Crippen LogP contribution is 2.15. The van der Waals surface area contributed by atoms with E-state index in [-0.39, 0.29) is 0 Å². The van der Waals surface area contributed by atoms with E-state index < -0.39 is 0 Å². The zero-order chi connectivity index (χ0) is 12.5. The number of nitrogens with zero attached hydrogens (tertiary/aromatic N) is 1. The molecule has 0 saturated heterocycles. The van der Waals surface area contributed by atoms with Crippen molar-refractivity contribution in [1.29, 1.82) is 0 Å². The molecule has 17 heavy (non-hydrogen) atoms. The molecule has 0 saturated carbocycles. The van der Waals surface area contributed by atoms with Gasteiger partial charge in [0.25, 0.3) is 0 Å². The van der Waals surface area contributed by atoms with Crippen LogP contribution >= 0.6 is 11.6 Å². The van der Waals surface area contributed by atoms with Gasteiger partial charge in [0, 0.05) is 24.7 Å². The van der Waals surface area contributed by atoms with Gasteiger partial charge in [-0.05, 0) is 38.8 Å². The summed E-state index contributed by atoms with van der Waals surface area (Å²) >= 11 is 5.67. The lowest BCUT2D eigenvalue weighted by molar-refractivity contribution is 0.651. The van der Waals surface area contributed by atoms with Gasteiger partial charge in [-0.2, -0.15) is 0 Å². The van der Waals surface area contributed by atoms with E-state index in [0.29, 0.717) is 0 Å². The molecular formula is C15H24ClN. The molecule has 96 valence electrons. The van der Waals surface area contributed by atoms with E-state index >= 15 is 0 Å². The quantitative estimate of drug-likeness (QED) is 0.483. The third-order valence-electron chi connectivity index (χ3n) is 3.09. The van der Waals surface area contributed by atoms with Crippen molar-refractivity contribution >= 4 is 17.3 Å². The van der Waals surface area contributed by atoms with Crippen molar-refractivity contribution in [3.63, 3.8) is 0 Å². The number of rotatable bonds is 8. The molecular weight excluding hydrogens is 230 g/mol. The normalized spacial score (nSPS) is 10.5. The van der Waals surface area contributed by atoms with Crippen LogP contribution in [0, 0.1) is 6.92 Å². The Labute approximate surface area is 111 Å². The topological polar surface area (TPSA) is 3.24 Å². The molecule has 0 amide bonds. The summed E-state index contributed by atoms with van der Waals surface area (Å²) in [5.74, 6) is 0.801. The molecule has 0 unspecified atom stereocenters. The van der Waals surface area contributed by atoms with Crippen molar-refractivity contribution in [2.75, 3.05) is 23.9 Å². The van der Waals surface area contributed by atoms with Crippen molar-refractivity contribution in [2.45, 2.75) is 39.5 Å². The highest BCUT2D eigenvalue weighted by molar-refractivity contribution is 6.17. The first-order valence-corrected chi connectivity index (χ1v) is 7.19. The molecule has 0 spiro atoms. The van der Waals surface area contributed by atoms with Crippen LogP contribution in [0.25, 0.3) is 0 Å². The predicted molar refractivity (Wildman–Crippen MR) is 78.3 cm³/mol. The van der Waals surface area contributed by atoms with Crippen LogP contribution in [0.1, 0.15) is 38.2 Å². The van der Waals surface area contributed by atoms with Gasteiger partial charge in [0.1, 0.15) is 0 Å². The molecule has 0 fully saturated rings. The highest BCUT2D eigenvalue weighted by atomic mass is 35.5. The first-order chi connectivity index (χ1) is 8.27. The van der Waals surface area contributed by atoms with Crippen LogP contribution in [0.15, 0.2) is 24.3 Å². The average molecular weight is 254 g/mol. The molecule has 0 radical (unpaired) electrons. The van der Waals surface area contributed by atoms with Crippen LogP contribution in [-0.4, -0.2) is 19.0 Å². The largest absolute Gasteiger partial charge is 0.372 e. The second-order valence-electron chi connectivity index (χ2n) is 4.52. The number of hydrogen-bond acceptors (Lipinski definition) is 1. The van der Waals surface area contributed by atoms with Crippen LogP contribution in [0.5, 0.6) is 0 Å². The molecule has 0 atom stereocenters. The molecule has 0 bridgehead atoms. The third kappa shape index (κ3) is 5.45. The molecule has 1 rings (SSSR count). The summed E-state index contributed by atoms with van der Waals surface area (Å²) in [5, 5.41) is 0. The van der Waals surface area contributed by atoms with E-state index in [2.05, 4.69) is 43.0 Å². The maximum Gasteiger partial charge on any atom is 0.0366 e. The summed E-state index contributed by atoms with van der Waals surface area (Å²) in [6, 6.07) is 8.81. The number of aryl methyl sites for hydroxylation is 1. The van der Waals surface area contributed by atoms with E-state index in [1.165, 1.54) is 30.5 Å². The van der Waals surface area contributed by atoms with E-state index in [9.17, 15) is 0 Å². The number of unbranched alkanes of at least 4 members (excludes halogenated alkanes) is 3. The number of alkyl halides is 1. The zero-order valence-electron chi connectivity index (χ0n) is 11.1. The Hall–Kier alpha value is -0.690. The predicted octanol–water partition coefficient (Wildman–Crippen LogP) is 4.62. The van der Waals surface area contributed by atoms with Crippen LogP contribution in [0.3, 0.4) is 0 Å². The van der Waals surface area contributed by atoms with Crippen LogP contribution in [0.4, 0.5) is 5.69 Å². The minimum absolute atomic E-state index is 0.801. The Morgan fingerprint density at radius 3 is 2.24 bits per heavy atom. The fourth-order valence-electron chi connectivity index (χ4n) is 1.98. The van der Waals surface area contributed by atoms with Gasteiger partial charge < -0.3 is 4.90 Å². The van der Waals surface area contributed by atoms with E-state index in [4.69, 9.17) is 11.6 Å². The summed E-state index contributed by atoms with van der Waals surface area (Å²) in [7, 11) is 0. The SMILES string of the molecule is CCN(CCCCCCCl)c1ccc(C)cc1. The number of benzene rings is 1. The Bertz CT molecular complexity index is 294. The summed E-state index contributed by atoms with van der Waals surface area (Å²) in [6.07, 6.45) is 4.96. The molecule has 0 aliphatic heterocycles. The average Bonchev–Trinajstić information content (AvgIpc) is 2.35. The number of halogens is 1. The summed E-state index contributed by atoms with van der Waals surface area (Å²) in [6.45, 7) is 6.59. The van der Waals surface area contributed by atoms with Crippen molar-refractivity contribution in [1.82, 2.24) is 0 Å². The van der Waals surface area contributed by atoms with Gasteiger partial charge in [-0.1, -0.05) is 30.5 Å². The van der Waals surface area contributed by atoms with Crippen molar-refractivity contribution in [3.8, 4) is 0 Å². The minimum Gasteiger partial charge on any atom is -0.372 e.